The van der Waals surface area contributed by atoms with Gasteiger partial charge in [-0.2, -0.15) is 0 Å². The molecule has 0 atom stereocenters. The first-order chi connectivity index (χ1) is 18.8. The molecule has 39 heavy (non-hydrogen) atoms. The van der Waals surface area contributed by atoms with Gasteiger partial charge >= 0.3 is 0 Å². The number of nitrogens with one attached hydrogen (secondary N) is 2. The van der Waals surface area contributed by atoms with Gasteiger partial charge in [-0.3, -0.25) is 9.59 Å². The van der Waals surface area contributed by atoms with E-state index in [1.54, 1.807) is 42.5 Å². The maximum Gasteiger partial charge on any atom is 0.266 e. The molecular formula is C30H35ClN2O5S. The number of unbranched alkanes of at least 4 members (excludes halogenated alkanes) is 6. The topological polar surface area (TPSA) is 102 Å². The number of carbonyl (C=O) groups excluding carboxylic acids is 2. The number of para-hydroxylation sites is 1. The molecule has 7 nitrogen and oxygen atoms in total. The molecule has 208 valence electrons. The van der Waals surface area contributed by atoms with Crippen molar-refractivity contribution in [1.82, 2.24) is 4.72 Å². The lowest BCUT2D eigenvalue weighted by Gasteiger charge is -2.13. The molecule has 0 saturated carbocycles. The van der Waals surface area contributed by atoms with Gasteiger partial charge in [-0.15, -0.1) is 0 Å². The van der Waals surface area contributed by atoms with Crippen LogP contribution in [0.25, 0.3) is 0 Å². The average Bonchev–Trinajstić information content (AvgIpc) is 2.92. The smallest absolute Gasteiger partial charge is 0.266 e. The molecule has 3 aromatic carbocycles. The number of benzene rings is 3. The Morgan fingerprint density at radius 3 is 2.28 bits per heavy atom. The van der Waals surface area contributed by atoms with Gasteiger partial charge in [-0.25, -0.2) is 13.1 Å². The van der Waals surface area contributed by atoms with Crippen molar-refractivity contribution < 1.29 is 22.7 Å². The van der Waals surface area contributed by atoms with Crippen molar-refractivity contribution in [3.05, 3.63) is 88.9 Å². The van der Waals surface area contributed by atoms with Crippen molar-refractivity contribution in [1.29, 1.82) is 0 Å². The summed E-state index contributed by atoms with van der Waals surface area (Å²) in [5.74, 6) is -0.588. The highest BCUT2D eigenvalue weighted by atomic mass is 35.5. The van der Waals surface area contributed by atoms with Gasteiger partial charge in [-0.1, -0.05) is 87.4 Å². The molecule has 0 spiro atoms. The van der Waals surface area contributed by atoms with Gasteiger partial charge in [0.2, 0.25) is 5.91 Å². The highest BCUT2D eigenvalue weighted by Crippen LogP contribution is 2.23. The number of ether oxygens (including phenoxy) is 1. The third-order valence-corrected chi connectivity index (χ3v) is 7.78. The molecular weight excluding hydrogens is 536 g/mol. The Morgan fingerprint density at radius 1 is 0.846 bits per heavy atom. The van der Waals surface area contributed by atoms with Crippen LogP contribution >= 0.6 is 11.6 Å². The molecule has 2 amide bonds. The zero-order chi connectivity index (χ0) is 28.1. The number of rotatable bonds is 15. The molecule has 3 rings (SSSR count). The van der Waals surface area contributed by atoms with Crippen molar-refractivity contribution in [2.75, 3.05) is 5.32 Å². The van der Waals surface area contributed by atoms with E-state index in [2.05, 4.69) is 17.0 Å². The summed E-state index contributed by atoms with van der Waals surface area (Å²) in [5.41, 5.74) is 1.28. The van der Waals surface area contributed by atoms with Gasteiger partial charge in [0.15, 0.2) is 0 Å². The number of amides is 2. The van der Waals surface area contributed by atoms with Gasteiger partial charge in [0.25, 0.3) is 15.9 Å². The summed E-state index contributed by atoms with van der Waals surface area (Å²) in [4.78, 5) is 25.1. The summed E-state index contributed by atoms with van der Waals surface area (Å²) >= 11 is 5.91. The maximum absolute atomic E-state index is 13.0. The zero-order valence-corrected chi connectivity index (χ0v) is 23.7. The van der Waals surface area contributed by atoms with Crippen molar-refractivity contribution in [2.24, 2.45) is 0 Å². The maximum atomic E-state index is 13.0. The number of sulfonamides is 1. The molecule has 3 aromatic rings. The minimum absolute atomic E-state index is 0.0752. The lowest BCUT2D eigenvalue weighted by molar-refractivity contribution is -0.119. The molecule has 0 unspecified atom stereocenters. The predicted octanol–water partition coefficient (Wildman–Crippen LogP) is 7.12. The molecule has 0 bridgehead atoms. The third-order valence-electron chi connectivity index (χ3n) is 6.10. The molecule has 0 heterocycles. The molecule has 0 aromatic heterocycles. The Labute approximate surface area is 236 Å². The molecule has 2 N–H and O–H groups in total. The number of carbonyl (C=O) groups is 2. The van der Waals surface area contributed by atoms with Crippen LogP contribution in [0.4, 0.5) is 5.69 Å². The van der Waals surface area contributed by atoms with E-state index in [4.69, 9.17) is 16.3 Å². The molecule has 0 aliphatic heterocycles. The van der Waals surface area contributed by atoms with Gasteiger partial charge in [-0.05, 0) is 54.4 Å². The van der Waals surface area contributed by atoms with Gasteiger partial charge in [0.05, 0.1) is 5.69 Å². The SMILES string of the molecule is CCCCCCCCCC(=O)NS(=O)(=O)c1ccccc1NC(=O)c1cccc(OCc2ccc(Cl)cc2)c1. The quantitative estimate of drug-likeness (QED) is 0.189. The normalized spacial score (nSPS) is 11.1. The number of hydrogen-bond acceptors (Lipinski definition) is 5. The van der Waals surface area contributed by atoms with Gasteiger partial charge in [0, 0.05) is 17.0 Å². The largest absolute Gasteiger partial charge is 0.489 e. The average molecular weight is 571 g/mol. The van der Waals surface area contributed by atoms with E-state index in [9.17, 15) is 18.0 Å². The standard InChI is InChI=1S/C30H35ClN2O5S/c1-2-3-4-5-6-7-8-16-29(34)33-39(36,37)28-15-10-9-14-27(28)32-30(35)24-12-11-13-26(21-24)38-22-23-17-19-25(31)20-18-23/h9-15,17-21H,2-8,16,22H2,1H3,(H,32,35)(H,33,34). The number of halogens is 1. The van der Waals surface area contributed by atoms with Crippen molar-refractivity contribution in [3.8, 4) is 5.75 Å². The van der Waals surface area contributed by atoms with E-state index in [1.165, 1.54) is 37.5 Å². The summed E-state index contributed by atoms with van der Waals surface area (Å²) in [6.45, 7) is 2.45. The lowest BCUT2D eigenvalue weighted by Crippen LogP contribution is -2.31. The van der Waals surface area contributed by atoms with E-state index in [-0.39, 0.29) is 17.0 Å². The van der Waals surface area contributed by atoms with Crippen LogP contribution in [0.1, 0.15) is 74.2 Å². The molecule has 0 radical (unpaired) electrons. The van der Waals surface area contributed by atoms with Crippen LogP contribution in [-0.2, 0) is 21.4 Å². The van der Waals surface area contributed by atoms with Crippen LogP contribution in [0.5, 0.6) is 5.75 Å². The molecule has 0 aliphatic carbocycles. The first-order valence-corrected chi connectivity index (χ1v) is 15.1. The predicted molar refractivity (Wildman–Crippen MR) is 155 cm³/mol. The first kappa shape index (κ1) is 30.2. The fraction of sp³-hybridized carbons (Fsp3) is 0.333. The van der Waals surface area contributed by atoms with E-state index in [0.717, 1.165) is 24.8 Å². The van der Waals surface area contributed by atoms with Gasteiger partial charge < -0.3 is 10.1 Å². The highest BCUT2D eigenvalue weighted by molar-refractivity contribution is 7.90. The van der Waals surface area contributed by atoms with Crippen LogP contribution in [0.2, 0.25) is 5.02 Å². The van der Waals surface area contributed by atoms with E-state index < -0.39 is 21.8 Å². The Bertz CT molecular complexity index is 1340. The lowest BCUT2D eigenvalue weighted by atomic mass is 10.1. The molecule has 0 aliphatic rings. The van der Waals surface area contributed by atoms with E-state index in [1.807, 2.05) is 12.1 Å². The van der Waals surface area contributed by atoms with E-state index in [0.29, 0.717) is 29.4 Å². The third kappa shape index (κ3) is 10.0. The Kier molecular flexibility index (Phi) is 11.8. The second kappa shape index (κ2) is 15.3. The zero-order valence-electron chi connectivity index (χ0n) is 22.1. The van der Waals surface area contributed by atoms with Crippen LogP contribution in [0.3, 0.4) is 0 Å². The van der Waals surface area contributed by atoms with Crippen molar-refractivity contribution >= 4 is 39.1 Å². The fourth-order valence-corrected chi connectivity index (χ4v) is 5.28. The summed E-state index contributed by atoms with van der Waals surface area (Å²) < 4.78 is 33.9. The van der Waals surface area contributed by atoms with Crippen molar-refractivity contribution in [2.45, 2.75) is 69.8 Å². The van der Waals surface area contributed by atoms with Crippen LogP contribution in [-0.4, -0.2) is 20.2 Å². The number of anilines is 1. The first-order valence-electron chi connectivity index (χ1n) is 13.2. The minimum Gasteiger partial charge on any atom is -0.489 e. The summed E-state index contributed by atoms with van der Waals surface area (Å²) in [6, 6.07) is 19.8. The molecule has 0 fully saturated rings. The minimum atomic E-state index is -4.17. The second-order valence-electron chi connectivity index (χ2n) is 9.29. The Morgan fingerprint density at radius 2 is 1.54 bits per heavy atom. The monoisotopic (exact) mass is 570 g/mol. The molecule has 9 heteroatoms. The van der Waals surface area contributed by atoms with Crippen molar-refractivity contribution in [3.63, 3.8) is 0 Å². The van der Waals surface area contributed by atoms with E-state index >= 15 is 0 Å². The summed E-state index contributed by atoms with van der Waals surface area (Å²) in [6.07, 6.45) is 7.35. The van der Waals surface area contributed by atoms with Crippen LogP contribution in [0.15, 0.2) is 77.7 Å². The summed E-state index contributed by atoms with van der Waals surface area (Å²) in [5, 5.41) is 3.28. The Balaban J connectivity index is 1.59. The summed E-state index contributed by atoms with van der Waals surface area (Å²) in [7, 11) is -4.17. The van der Waals surface area contributed by atoms with Gasteiger partial charge in [0.1, 0.15) is 17.3 Å². The second-order valence-corrected chi connectivity index (χ2v) is 11.4. The molecule has 0 saturated heterocycles. The van der Waals surface area contributed by atoms with Crippen LogP contribution in [0, 0.1) is 0 Å². The number of hydrogen-bond donors (Lipinski definition) is 2. The Hall–Kier alpha value is -3.36. The van der Waals surface area contributed by atoms with Crippen LogP contribution < -0.4 is 14.8 Å². The highest BCUT2D eigenvalue weighted by Gasteiger charge is 2.22. The fourth-order valence-electron chi connectivity index (χ4n) is 3.97.